The molecule has 0 amide bonds. The second kappa shape index (κ2) is 12.5. The molecule has 6 nitrogen and oxygen atoms in total. The number of aromatic nitrogens is 1. The summed E-state index contributed by atoms with van der Waals surface area (Å²) >= 11 is 0. The lowest BCUT2D eigenvalue weighted by Crippen LogP contribution is -2.44. The van der Waals surface area contributed by atoms with E-state index >= 15 is 0 Å². The molecule has 0 spiro atoms. The van der Waals surface area contributed by atoms with Crippen LogP contribution >= 0.6 is 0 Å². The lowest BCUT2D eigenvalue weighted by atomic mass is 9.98. The van der Waals surface area contributed by atoms with Gasteiger partial charge in [0.25, 0.3) is 0 Å². The van der Waals surface area contributed by atoms with Crippen LogP contribution < -0.4 is 0 Å². The Morgan fingerprint density at radius 1 is 1.05 bits per heavy atom. The minimum atomic E-state index is -0.845. The highest BCUT2D eigenvalue weighted by atomic mass is 19.1. The largest absolute Gasteiger partial charge is 0.639 e. The van der Waals surface area contributed by atoms with E-state index in [1.54, 1.807) is 0 Å². The third kappa shape index (κ3) is 7.59. The topological polar surface area (TPSA) is 58.9 Å². The molecule has 0 N–H and O–H groups in total. The highest BCUT2D eigenvalue weighted by Gasteiger charge is 2.37. The average molecular weight is 535 g/mol. The van der Waals surface area contributed by atoms with Crippen LogP contribution in [0.5, 0.6) is 0 Å². The molecule has 8 heteroatoms. The number of carbonyl (C=O) groups is 1. The Balaban J connectivity index is 1.62. The van der Waals surface area contributed by atoms with Crippen molar-refractivity contribution < 1.29 is 27.9 Å². The predicted octanol–water partition coefficient (Wildman–Crippen LogP) is 7.01. The van der Waals surface area contributed by atoms with Gasteiger partial charge in [-0.1, -0.05) is 44.2 Å². The minimum Gasteiger partial charge on any atom is -0.460 e. The Morgan fingerprint density at radius 2 is 1.72 bits per heavy atom. The summed E-state index contributed by atoms with van der Waals surface area (Å²) in [5.41, 5.74) is 4.84. The molecule has 1 aliphatic rings. The summed E-state index contributed by atoms with van der Waals surface area (Å²) in [5, 5.41) is 0. The van der Waals surface area contributed by atoms with Gasteiger partial charge in [-0.05, 0) is 81.0 Å². The van der Waals surface area contributed by atoms with Crippen molar-refractivity contribution in [2.75, 3.05) is 7.11 Å². The quantitative estimate of drug-likeness (QED) is 0.218. The van der Waals surface area contributed by atoms with Crippen LogP contribution in [0.15, 0.2) is 60.7 Å². The van der Waals surface area contributed by atoms with Crippen LogP contribution in [0.4, 0.5) is 4.39 Å². The lowest BCUT2D eigenvalue weighted by Gasteiger charge is -2.33. The molecular weight excluding hydrogens is 496 g/mol. The van der Waals surface area contributed by atoms with E-state index in [2.05, 4.69) is 36.6 Å². The molecule has 2 unspecified atom stereocenters. The van der Waals surface area contributed by atoms with Gasteiger partial charge >= 0.3 is 13.3 Å². The van der Waals surface area contributed by atoms with Gasteiger partial charge in [0.05, 0.1) is 18.2 Å². The first-order valence-corrected chi connectivity index (χ1v) is 13.6. The number of hydrogen-bond donors (Lipinski definition) is 0. The van der Waals surface area contributed by atoms with Crippen molar-refractivity contribution in [2.45, 2.75) is 84.2 Å². The highest BCUT2D eigenvalue weighted by molar-refractivity contribution is 6.36. The molecule has 4 rings (SSSR count). The molecule has 2 atom stereocenters. The fourth-order valence-electron chi connectivity index (χ4n) is 5.07. The van der Waals surface area contributed by atoms with E-state index in [4.69, 9.17) is 18.7 Å². The smallest absolute Gasteiger partial charge is 0.460 e. The van der Waals surface area contributed by atoms with Crippen molar-refractivity contribution >= 4 is 13.3 Å². The Kier molecular flexibility index (Phi) is 9.31. The van der Waals surface area contributed by atoms with Crippen LogP contribution in [0, 0.1) is 5.82 Å². The van der Waals surface area contributed by atoms with E-state index in [9.17, 15) is 9.18 Å². The van der Waals surface area contributed by atoms with Gasteiger partial charge in [-0.3, -0.25) is 4.79 Å². The van der Waals surface area contributed by atoms with Gasteiger partial charge in [0.2, 0.25) is 0 Å². The lowest BCUT2D eigenvalue weighted by molar-refractivity contribution is -0.158. The molecule has 1 aromatic heterocycles. The molecule has 39 heavy (non-hydrogen) atoms. The van der Waals surface area contributed by atoms with E-state index in [1.807, 2.05) is 51.1 Å². The van der Waals surface area contributed by atoms with Gasteiger partial charge in [-0.2, -0.15) is 0 Å². The van der Waals surface area contributed by atoms with E-state index in [0.717, 1.165) is 22.4 Å². The zero-order valence-corrected chi connectivity index (χ0v) is 23.8. The number of benzene rings is 2. The van der Waals surface area contributed by atoms with Crippen LogP contribution in [0.2, 0.25) is 0 Å². The number of nitrogens with zero attached hydrogens (tertiary/aromatic N) is 1. The molecule has 2 aromatic carbocycles. The Hall–Kier alpha value is -2.94. The summed E-state index contributed by atoms with van der Waals surface area (Å²) in [6, 6.07) is 19.2. The average Bonchev–Trinajstić information content (AvgIpc) is 3.27. The minimum absolute atomic E-state index is 0.136. The Bertz CT molecular complexity index is 1240. The summed E-state index contributed by atoms with van der Waals surface area (Å²) in [7, 11) is 0.681. The maximum atomic E-state index is 13.9. The second-order valence-electron chi connectivity index (χ2n) is 11.4. The van der Waals surface area contributed by atoms with Gasteiger partial charge in [0.15, 0.2) is 0 Å². The maximum Gasteiger partial charge on any atom is 0.639 e. The molecule has 0 saturated carbocycles. The number of rotatable bonds is 9. The van der Waals surface area contributed by atoms with Crippen LogP contribution in [-0.2, 0) is 30.0 Å². The monoisotopic (exact) mass is 535 g/mol. The summed E-state index contributed by atoms with van der Waals surface area (Å²) in [6.45, 7) is 10.6. The van der Waals surface area contributed by atoms with Gasteiger partial charge in [0, 0.05) is 31.0 Å². The van der Waals surface area contributed by atoms with E-state index in [0.29, 0.717) is 19.4 Å². The molecule has 3 aromatic rings. The normalized spacial score (nSPS) is 18.0. The first-order valence-electron chi connectivity index (χ1n) is 13.6. The molecule has 0 bridgehead atoms. The number of halogens is 1. The number of carbonyl (C=O) groups excluding carboxylic acids is 1. The molecular formula is C31H39BFNO5. The summed E-state index contributed by atoms with van der Waals surface area (Å²) < 4.78 is 39.0. The van der Waals surface area contributed by atoms with Crippen LogP contribution in [0.25, 0.3) is 22.4 Å². The summed E-state index contributed by atoms with van der Waals surface area (Å²) in [4.78, 5) is 12.5. The third-order valence-electron chi connectivity index (χ3n) is 6.74. The van der Waals surface area contributed by atoms with Gasteiger partial charge in [-0.25, -0.2) is 4.39 Å². The van der Waals surface area contributed by atoms with Crippen molar-refractivity contribution in [3.05, 3.63) is 72.2 Å². The molecule has 1 saturated heterocycles. The van der Waals surface area contributed by atoms with Gasteiger partial charge < -0.3 is 23.3 Å². The van der Waals surface area contributed by atoms with Crippen molar-refractivity contribution in [3.63, 3.8) is 0 Å². The SMILES string of the molecule is COB1OC(CCn2c(C(C)C)cc(-c3ccccc3)c2-c2ccc(F)cc2)CC(CC(=O)OC(C)(C)C)O1. The van der Waals surface area contributed by atoms with E-state index in [1.165, 1.54) is 24.9 Å². The first kappa shape index (κ1) is 29.1. The summed E-state index contributed by atoms with van der Waals surface area (Å²) in [6.07, 6.45) is 0.824. The summed E-state index contributed by atoms with van der Waals surface area (Å²) in [5.74, 6) is -0.301. The van der Waals surface area contributed by atoms with Crippen molar-refractivity contribution in [1.82, 2.24) is 4.57 Å². The molecule has 2 heterocycles. The second-order valence-corrected chi connectivity index (χ2v) is 11.4. The van der Waals surface area contributed by atoms with E-state index < -0.39 is 12.9 Å². The fraction of sp³-hybridized carbons (Fsp3) is 0.452. The zero-order valence-electron chi connectivity index (χ0n) is 23.8. The van der Waals surface area contributed by atoms with Gasteiger partial charge in [0.1, 0.15) is 11.4 Å². The van der Waals surface area contributed by atoms with Crippen LogP contribution in [-0.4, -0.2) is 42.8 Å². The van der Waals surface area contributed by atoms with Crippen molar-refractivity contribution in [3.8, 4) is 22.4 Å². The van der Waals surface area contributed by atoms with Crippen LogP contribution in [0.1, 0.15) is 65.5 Å². The Morgan fingerprint density at radius 3 is 2.33 bits per heavy atom. The van der Waals surface area contributed by atoms with Crippen molar-refractivity contribution in [1.29, 1.82) is 0 Å². The molecule has 208 valence electrons. The van der Waals surface area contributed by atoms with Crippen LogP contribution in [0.3, 0.4) is 0 Å². The Labute approximate surface area is 231 Å². The molecule has 0 aliphatic carbocycles. The van der Waals surface area contributed by atoms with E-state index in [-0.39, 0.29) is 36.3 Å². The molecule has 0 radical (unpaired) electrons. The molecule has 1 fully saturated rings. The number of hydrogen-bond acceptors (Lipinski definition) is 5. The highest BCUT2D eigenvalue weighted by Crippen LogP contribution is 2.38. The maximum absolute atomic E-state index is 13.9. The fourth-order valence-corrected chi connectivity index (χ4v) is 5.07. The standard InChI is InChI=1S/C31H39BFNO5/c1-21(2)28-20-27(22-10-8-7-9-11-22)30(23-12-14-24(33)15-13-23)34(28)17-16-25-18-26(39-32(36-6)38-25)19-29(35)37-31(3,4)5/h7-15,20-21,25-26H,16-19H2,1-6H3. The number of esters is 1. The predicted molar refractivity (Wildman–Crippen MR) is 152 cm³/mol. The third-order valence-corrected chi connectivity index (χ3v) is 6.74. The zero-order chi connectivity index (χ0) is 28.2. The van der Waals surface area contributed by atoms with Gasteiger partial charge in [-0.15, -0.1) is 0 Å². The first-order chi connectivity index (χ1) is 18.5. The number of ether oxygens (including phenoxy) is 1. The van der Waals surface area contributed by atoms with Crippen molar-refractivity contribution in [2.24, 2.45) is 0 Å². The molecule has 1 aliphatic heterocycles.